The Bertz CT molecular complexity index is 1400. The fraction of sp³-hybridized carbons (Fsp3) is 0.148. The van der Waals surface area contributed by atoms with Gasteiger partial charge in [0.1, 0.15) is 11.6 Å². The minimum Gasteiger partial charge on any atom is -0.497 e. The standard InChI is InChI=1S/C27H23FN4O2S/c1-17-23(26-30-25(31-34-26)19-9-4-3-5-10-19)24(20-11-7-12-21(28)15-20)29-27(35)32(17)16-18-8-6-13-22(14-18)33-2/h3-15,24H,16H2,1-2H3,(H,29,35). The molecule has 1 aromatic heterocycles. The molecule has 1 aliphatic heterocycles. The van der Waals surface area contributed by atoms with Crippen molar-refractivity contribution in [1.29, 1.82) is 0 Å². The number of thiocarbonyl (C=S) groups is 1. The lowest BCUT2D eigenvalue weighted by molar-refractivity contribution is 0.395. The zero-order chi connectivity index (χ0) is 24.4. The van der Waals surface area contributed by atoms with Gasteiger partial charge in [-0.2, -0.15) is 4.98 Å². The summed E-state index contributed by atoms with van der Waals surface area (Å²) < 4.78 is 25.3. The van der Waals surface area contributed by atoms with Crippen LogP contribution >= 0.6 is 12.2 Å². The van der Waals surface area contributed by atoms with Crippen LogP contribution in [0.15, 0.2) is 89.1 Å². The molecule has 5 rings (SSSR count). The Hall–Kier alpha value is -4.04. The first-order valence-electron chi connectivity index (χ1n) is 11.1. The predicted octanol–water partition coefficient (Wildman–Crippen LogP) is 5.75. The molecule has 35 heavy (non-hydrogen) atoms. The smallest absolute Gasteiger partial charge is 0.258 e. The summed E-state index contributed by atoms with van der Waals surface area (Å²) in [6.07, 6.45) is 0. The Morgan fingerprint density at radius 1 is 1.06 bits per heavy atom. The van der Waals surface area contributed by atoms with Crippen LogP contribution in [0, 0.1) is 5.82 Å². The average Bonchev–Trinajstić information content (AvgIpc) is 3.36. The van der Waals surface area contributed by atoms with E-state index in [0.29, 0.717) is 28.9 Å². The zero-order valence-corrected chi connectivity index (χ0v) is 20.1. The Labute approximate surface area is 208 Å². The largest absolute Gasteiger partial charge is 0.497 e. The first-order valence-corrected chi connectivity index (χ1v) is 11.5. The third kappa shape index (κ3) is 4.65. The highest BCUT2D eigenvalue weighted by Crippen LogP contribution is 2.38. The van der Waals surface area contributed by atoms with Gasteiger partial charge in [-0.05, 0) is 54.5 Å². The molecule has 0 amide bonds. The van der Waals surface area contributed by atoms with Gasteiger partial charge in [0.05, 0.1) is 25.3 Å². The third-order valence-electron chi connectivity index (χ3n) is 5.94. The summed E-state index contributed by atoms with van der Waals surface area (Å²) >= 11 is 5.75. The first kappa shape index (κ1) is 22.7. The number of benzene rings is 3. The number of hydrogen-bond donors (Lipinski definition) is 1. The van der Waals surface area contributed by atoms with Gasteiger partial charge in [-0.3, -0.25) is 0 Å². The van der Waals surface area contributed by atoms with Crippen molar-refractivity contribution in [3.05, 3.63) is 107 Å². The Balaban J connectivity index is 1.60. The second kappa shape index (κ2) is 9.68. The molecule has 1 N–H and O–H groups in total. The molecule has 0 spiro atoms. The van der Waals surface area contributed by atoms with E-state index in [1.165, 1.54) is 12.1 Å². The van der Waals surface area contributed by atoms with Crippen molar-refractivity contribution in [2.24, 2.45) is 0 Å². The van der Waals surface area contributed by atoms with E-state index in [0.717, 1.165) is 28.1 Å². The molecule has 1 aliphatic rings. The number of halogens is 1. The molecule has 2 heterocycles. The molecule has 1 unspecified atom stereocenters. The maximum Gasteiger partial charge on any atom is 0.258 e. The highest BCUT2D eigenvalue weighted by Gasteiger charge is 2.34. The van der Waals surface area contributed by atoms with Gasteiger partial charge in [0.2, 0.25) is 5.82 Å². The normalized spacial score (nSPS) is 15.8. The molecule has 4 aromatic rings. The summed E-state index contributed by atoms with van der Waals surface area (Å²) in [5.41, 5.74) is 4.15. The molecule has 3 aromatic carbocycles. The molecular weight excluding hydrogens is 463 g/mol. The van der Waals surface area contributed by atoms with Crippen LogP contribution in [0.1, 0.15) is 30.0 Å². The van der Waals surface area contributed by atoms with E-state index in [1.54, 1.807) is 13.2 Å². The van der Waals surface area contributed by atoms with E-state index < -0.39 is 6.04 Å². The van der Waals surface area contributed by atoms with Gasteiger partial charge in [0.15, 0.2) is 5.11 Å². The van der Waals surface area contributed by atoms with Crippen LogP contribution in [0.25, 0.3) is 17.0 Å². The summed E-state index contributed by atoms with van der Waals surface area (Å²) in [5.74, 6) is 1.26. The van der Waals surface area contributed by atoms with Gasteiger partial charge in [-0.15, -0.1) is 0 Å². The molecular formula is C27H23FN4O2S. The van der Waals surface area contributed by atoms with Gasteiger partial charge < -0.3 is 19.5 Å². The van der Waals surface area contributed by atoms with Crippen molar-refractivity contribution in [2.75, 3.05) is 7.11 Å². The number of methoxy groups -OCH3 is 1. The molecule has 6 nitrogen and oxygen atoms in total. The topological polar surface area (TPSA) is 63.4 Å². The van der Waals surface area contributed by atoms with Crippen LogP contribution in [0.4, 0.5) is 4.39 Å². The lowest BCUT2D eigenvalue weighted by Gasteiger charge is -2.37. The molecule has 1 atom stereocenters. The van der Waals surface area contributed by atoms with E-state index in [2.05, 4.69) is 15.5 Å². The van der Waals surface area contributed by atoms with Crippen molar-refractivity contribution in [3.8, 4) is 17.1 Å². The second-order valence-electron chi connectivity index (χ2n) is 8.16. The van der Waals surface area contributed by atoms with Gasteiger partial charge in [0.25, 0.3) is 5.89 Å². The van der Waals surface area contributed by atoms with Gasteiger partial charge in [-0.1, -0.05) is 59.8 Å². The van der Waals surface area contributed by atoms with E-state index in [4.69, 9.17) is 21.5 Å². The molecule has 8 heteroatoms. The Morgan fingerprint density at radius 3 is 2.63 bits per heavy atom. The van der Waals surface area contributed by atoms with Crippen LogP contribution in [0.3, 0.4) is 0 Å². The summed E-state index contributed by atoms with van der Waals surface area (Å²) in [6, 6.07) is 23.4. The van der Waals surface area contributed by atoms with Crippen molar-refractivity contribution in [3.63, 3.8) is 0 Å². The molecule has 0 radical (unpaired) electrons. The summed E-state index contributed by atoms with van der Waals surface area (Å²) in [5, 5.41) is 8.08. The quantitative estimate of drug-likeness (QED) is 0.348. The van der Waals surface area contributed by atoms with Crippen molar-refractivity contribution in [1.82, 2.24) is 20.4 Å². The molecule has 176 valence electrons. The first-order chi connectivity index (χ1) is 17.0. The van der Waals surface area contributed by atoms with Gasteiger partial charge >= 0.3 is 0 Å². The average molecular weight is 487 g/mol. The van der Waals surface area contributed by atoms with Crippen molar-refractivity contribution >= 4 is 22.9 Å². The lowest BCUT2D eigenvalue weighted by atomic mass is 9.94. The van der Waals surface area contributed by atoms with Crippen molar-refractivity contribution in [2.45, 2.75) is 19.5 Å². The number of ether oxygens (including phenoxy) is 1. The number of hydrogen-bond acceptors (Lipinski definition) is 5. The SMILES string of the molecule is COc1cccc(CN2C(=S)NC(c3cccc(F)c3)C(c3nc(-c4ccccc4)no3)=C2C)c1. The van der Waals surface area contributed by atoms with E-state index in [1.807, 2.05) is 72.5 Å². The minimum absolute atomic E-state index is 0.332. The fourth-order valence-corrected chi connectivity index (χ4v) is 4.50. The molecule has 0 bridgehead atoms. The number of rotatable bonds is 6. The zero-order valence-electron chi connectivity index (χ0n) is 19.2. The van der Waals surface area contributed by atoms with Crippen LogP contribution in [-0.4, -0.2) is 27.3 Å². The van der Waals surface area contributed by atoms with Gasteiger partial charge in [0, 0.05) is 11.3 Å². The number of nitrogens with zero attached hydrogens (tertiary/aromatic N) is 3. The van der Waals surface area contributed by atoms with Crippen LogP contribution in [0.2, 0.25) is 0 Å². The summed E-state index contributed by atoms with van der Waals surface area (Å²) in [7, 11) is 1.64. The molecule has 0 saturated heterocycles. The van der Waals surface area contributed by atoms with Crippen LogP contribution in [0.5, 0.6) is 5.75 Å². The fourth-order valence-electron chi connectivity index (χ4n) is 4.18. The third-order valence-corrected chi connectivity index (χ3v) is 6.28. The van der Waals surface area contributed by atoms with Crippen LogP contribution in [-0.2, 0) is 6.54 Å². The maximum absolute atomic E-state index is 14.2. The highest BCUT2D eigenvalue weighted by atomic mass is 32.1. The predicted molar refractivity (Wildman–Crippen MR) is 136 cm³/mol. The number of nitrogens with one attached hydrogen (secondary N) is 1. The minimum atomic E-state index is -0.455. The van der Waals surface area contributed by atoms with E-state index >= 15 is 0 Å². The van der Waals surface area contributed by atoms with E-state index in [9.17, 15) is 4.39 Å². The summed E-state index contributed by atoms with van der Waals surface area (Å²) in [6.45, 7) is 2.47. The lowest BCUT2D eigenvalue weighted by Crippen LogP contribution is -2.45. The Kier molecular flexibility index (Phi) is 6.29. The van der Waals surface area contributed by atoms with Crippen molar-refractivity contribution < 1.29 is 13.7 Å². The van der Waals surface area contributed by atoms with E-state index in [-0.39, 0.29) is 5.82 Å². The maximum atomic E-state index is 14.2. The number of allylic oxidation sites excluding steroid dienone is 1. The van der Waals surface area contributed by atoms with Gasteiger partial charge in [-0.25, -0.2) is 4.39 Å². The Morgan fingerprint density at radius 2 is 1.86 bits per heavy atom. The molecule has 0 saturated carbocycles. The molecule has 0 fully saturated rings. The monoisotopic (exact) mass is 486 g/mol. The number of aromatic nitrogens is 2. The molecule has 0 aliphatic carbocycles. The summed E-state index contributed by atoms with van der Waals surface area (Å²) in [4.78, 5) is 6.66. The van der Waals surface area contributed by atoms with Crippen LogP contribution < -0.4 is 10.1 Å². The second-order valence-corrected chi connectivity index (χ2v) is 8.55. The highest BCUT2D eigenvalue weighted by molar-refractivity contribution is 7.80.